The van der Waals surface area contributed by atoms with Crippen LogP contribution in [0.4, 0.5) is 5.69 Å². The van der Waals surface area contributed by atoms with E-state index in [1.807, 2.05) is 25.1 Å². The number of unbranched alkanes of at least 4 members (excludes halogenated alkanes) is 1. The number of rotatable bonds is 8. The molecule has 1 aromatic carbocycles. The fraction of sp³-hybridized carbons (Fsp3) is 0.500. The van der Waals surface area contributed by atoms with Crippen LogP contribution in [-0.2, 0) is 10.0 Å². The monoisotopic (exact) mass is 314 g/mol. The highest BCUT2D eigenvalue weighted by Crippen LogP contribution is 2.22. The molecule has 6 heteroatoms. The van der Waals surface area contributed by atoms with Crippen molar-refractivity contribution in [2.24, 2.45) is 5.73 Å². The summed E-state index contributed by atoms with van der Waals surface area (Å²) in [4.78, 5) is 0.0323. The van der Waals surface area contributed by atoms with Crippen molar-refractivity contribution in [3.05, 3.63) is 30.3 Å². The minimum absolute atomic E-state index is 0.0323. The molecule has 1 rings (SSSR count). The molecule has 0 saturated heterocycles. The van der Waals surface area contributed by atoms with E-state index in [4.69, 9.17) is 18.0 Å². The summed E-state index contributed by atoms with van der Waals surface area (Å²) in [6.45, 7) is 4.26. The molecule has 0 spiro atoms. The third-order valence-electron chi connectivity index (χ3n) is 3.11. The van der Waals surface area contributed by atoms with Gasteiger partial charge in [-0.1, -0.05) is 50.7 Å². The first kappa shape index (κ1) is 16.9. The van der Waals surface area contributed by atoms with E-state index in [0.717, 1.165) is 12.8 Å². The summed E-state index contributed by atoms with van der Waals surface area (Å²) in [7, 11) is -3.57. The van der Waals surface area contributed by atoms with E-state index in [9.17, 15) is 8.42 Å². The topological polar surface area (TPSA) is 63.4 Å². The molecule has 0 aliphatic rings. The molecule has 0 aliphatic heterocycles. The van der Waals surface area contributed by atoms with Crippen molar-refractivity contribution in [1.29, 1.82) is 0 Å². The summed E-state index contributed by atoms with van der Waals surface area (Å²) in [5.41, 5.74) is 6.27. The molecule has 1 atom stereocenters. The molecule has 0 amide bonds. The summed E-state index contributed by atoms with van der Waals surface area (Å²) in [6, 6.07) is 9.09. The van der Waals surface area contributed by atoms with Gasteiger partial charge in [-0.3, -0.25) is 4.31 Å². The maximum atomic E-state index is 12.8. The molecule has 112 valence electrons. The van der Waals surface area contributed by atoms with Crippen LogP contribution in [0.1, 0.15) is 33.1 Å². The second-order valence-electron chi connectivity index (χ2n) is 4.61. The van der Waals surface area contributed by atoms with Gasteiger partial charge in [0.05, 0.1) is 10.7 Å². The highest BCUT2D eigenvalue weighted by molar-refractivity contribution is 7.95. The Morgan fingerprint density at radius 3 is 2.35 bits per heavy atom. The third-order valence-corrected chi connectivity index (χ3v) is 5.86. The summed E-state index contributed by atoms with van der Waals surface area (Å²) in [5.74, 6) is 0. The number of thiocarbonyl (C=S) groups is 1. The van der Waals surface area contributed by atoms with Crippen LogP contribution < -0.4 is 10.0 Å². The van der Waals surface area contributed by atoms with Gasteiger partial charge >= 0.3 is 0 Å². The minimum Gasteiger partial charge on any atom is -0.392 e. The van der Waals surface area contributed by atoms with Crippen LogP contribution in [0, 0.1) is 0 Å². The number of nitrogens with two attached hydrogens (primary N) is 1. The molecule has 20 heavy (non-hydrogen) atoms. The smallest absolute Gasteiger partial charge is 0.244 e. The lowest BCUT2D eigenvalue weighted by Crippen LogP contribution is -2.45. The second kappa shape index (κ2) is 7.59. The molecule has 0 heterocycles. The standard InChI is InChI=1S/C14H22N2O2S2/c1-3-5-11-16(12-9-7-6-8-10-12)20(17,18)13(4-2)14(15)19/h6-10,13H,3-5,11H2,1-2H3,(H2,15,19). The van der Waals surface area contributed by atoms with Gasteiger partial charge < -0.3 is 5.73 Å². The van der Waals surface area contributed by atoms with Gasteiger partial charge in [0.1, 0.15) is 5.25 Å². The van der Waals surface area contributed by atoms with Crippen LogP contribution in [0.2, 0.25) is 0 Å². The Morgan fingerprint density at radius 1 is 1.30 bits per heavy atom. The predicted octanol–water partition coefficient (Wildman–Crippen LogP) is 2.69. The average Bonchev–Trinajstić information content (AvgIpc) is 2.40. The van der Waals surface area contributed by atoms with Gasteiger partial charge in [-0.2, -0.15) is 0 Å². The number of nitrogens with zero attached hydrogens (tertiary/aromatic N) is 1. The Balaban J connectivity index is 3.19. The van der Waals surface area contributed by atoms with Crippen LogP contribution >= 0.6 is 12.2 Å². The molecule has 0 aromatic heterocycles. The van der Waals surface area contributed by atoms with Crippen LogP contribution in [0.3, 0.4) is 0 Å². The van der Waals surface area contributed by atoms with Crippen molar-refractivity contribution < 1.29 is 8.42 Å². The Morgan fingerprint density at radius 2 is 1.90 bits per heavy atom. The molecule has 1 unspecified atom stereocenters. The van der Waals surface area contributed by atoms with Gasteiger partial charge in [0.15, 0.2) is 0 Å². The molecule has 1 aromatic rings. The first-order valence-corrected chi connectivity index (χ1v) is 8.72. The number of para-hydroxylation sites is 1. The maximum Gasteiger partial charge on any atom is 0.244 e. The van der Waals surface area contributed by atoms with Crippen molar-refractivity contribution in [3.8, 4) is 0 Å². The lowest BCUT2D eigenvalue weighted by molar-refractivity contribution is 0.582. The number of anilines is 1. The highest BCUT2D eigenvalue weighted by atomic mass is 32.2. The molecular formula is C14H22N2O2S2. The summed E-state index contributed by atoms with van der Waals surface area (Å²) in [6.07, 6.45) is 2.09. The van der Waals surface area contributed by atoms with E-state index in [1.165, 1.54) is 4.31 Å². The largest absolute Gasteiger partial charge is 0.392 e. The van der Waals surface area contributed by atoms with Crippen molar-refractivity contribution in [2.75, 3.05) is 10.8 Å². The van der Waals surface area contributed by atoms with Crippen molar-refractivity contribution in [3.63, 3.8) is 0 Å². The predicted molar refractivity (Wildman–Crippen MR) is 88.5 cm³/mol. The van der Waals surface area contributed by atoms with E-state index in [2.05, 4.69) is 0 Å². The van der Waals surface area contributed by atoms with Crippen molar-refractivity contribution >= 4 is 32.9 Å². The maximum absolute atomic E-state index is 12.8. The van der Waals surface area contributed by atoms with Crippen LogP contribution in [0.25, 0.3) is 0 Å². The van der Waals surface area contributed by atoms with E-state index in [1.54, 1.807) is 19.1 Å². The zero-order valence-electron chi connectivity index (χ0n) is 12.0. The number of hydrogen-bond acceptors (Lipinski definition) is 3. The van der Waals surface area contributed by atoms with E-state index < -0.39 is 15.3 Å². The van der Waals surface area contributed by atoms with Crippen LogP contribution in [0.5, 0.6) is 0 Å². The molecule has 0 bridgehead atoms. The summed E-state index contributed by atoms with van der Waals surface area (Å²) in [5, 5.41) is -0.811. The summed E-state index contributed by atoms with van der Waals surface area (Å²) >= 11 is 4.92. The van der Waals surface area contributed by atoms with Gasteiger partial charge in [0, 0.05) is 6.54 Å². The van der Waals surface area contributed by atoms with E-state index in [0.29, 0.717) is 18.7 Å². The molecule has 0 fully saturated rings. The Labute approximate surface area is 127 Å². The lowest BCUT2D eigenvalue weighted by Gasteiger charge is -2.28. The minimum atomic E-state index is -3.57. The third kappa shape index (κ3) is 3.93. The Hall–Kier alpha value is -1.14. The lowest BCUT2D eigenvalue weighted by atomic mass is 10.3. The van der Waals surface area contributed by atoms with Gasteiger partial charge in [0.25, 0.3) is 0 Å². The SMILES string of the molecule is CCCCN(c1ccccc1)S(=O)(=O)C(CC)C(N)=S. The number of benzene rings is 1. The number of hydrogen-bond donors (Lipinski definition) is 1. The summed E-state index contributed by atoms with van der Waals surface area (Å²) < 4.78 is 27.0. The number of sulfonamides is 1. The van der Waals surface area contributed by atoms with Crippen molar-refractivity contribution in [2.45, 2.75) is 38.4 Å². The van der Waals surface area contributed by atoms with E-state index in [-0.39, 0.29) is 4.99 Å². The van der Waals surface area contributed by atoms with Crippen molar-refractivity contribution in [1.82, 2.24) is 0 Å². The van der Waals surface area contributed by atoms with Gasteiger partial charge in [-0.15, -0.1) is 0 Å². The van der Waals surface area contributed by atoms with Gasteiger partial charge in [-0.05, 0) is 25.0 Å². The van der Waals surface area contributed by atoms with E-state index >= 15 is 0 Å². The van der Waals surface area contributed by atoms with Gasteiger partial charge in [0.2, 0.25) is 10.0 Å². The Kier molecular flexibility index (Phi) is 6.42. The van der Waals surface area contributed by atoms with Gasteiger partial charge in [-0.25, -0.2) is 8.42 Å². The zero-order chi connectivity index (χ0) is 15.2. The molecule has 0 radical (unpaired) electrons. The highest BCUT2D eigenvalue weighted by Gasteiger charge is 2.32. The van der Waals surface area contributed by atoms with Crippen LogP contribution in [0.15, 0.2) is 30.3 Å². The molecule has 0 aliphatic carbocycles. The molecular weight excluding hydrogens is 292 g/mol. The molecule has 4 nitrogen and oxygen atoms in total. The molecule has 2 N–H and O–H groups in total. The normalized spacial score (nSPS) is 12.9. The molecule has 0 saturated carbocycles. The second-order valence-corrected chi connectivity index (χ2v) is 7.12. The Bertz CT molecular complexity index is 529. The van der Waals surface area contributed by atoms with Crippen LogP contribution in [-0.4, -0.2) is 25.2 Å². The first-order valence-electron chi connectivity index (χ1n) is 6.81. The zero-order valence-corrected chi connectivity index (χ0v) is 13.6. The average molecular weight is 314 g/mol. The fourth-order valence-corrected chi connectivity index (χ4v) is 4.36. The fourth-order valence-electron chi connectivity index (χ4n) is 2.01. The quantitative estimate of drug-likeness (QED) is 0.749. The first-order chi connectivity index (χ1) is 9.45.